The molecule has 0 saturated carbocycles. The highest BCUT2D eigenvalue weighted by Crippen LogP contribution is 2.06. The molecule has 0 saturated heterocycles. The Morgan fingerprint density at radius 3 is 2.46 bits per heavy atom. The van der Waals surface area contributed by atoms with E-state index in [2.05, 4.69) is 5.32 Å². The van der Waals surface area contributed by atoms with Crippen molar-refractivity contribution < 1.29 is 14.7 Å². The first-order valence-electron chi connectivity index (χ1n) is 4.54. The number of carbonyl (C=O) groups is 2. The van der Waals surface area contributed by atoms with E-state index >= 15 is 0 Å². The van der Waals surface area contributed by atoms with Crippen LogP contribution < -0.4 is 5.32 Å². The van der Waals surface area contributed by atoms with Crippen molar-refractivity contribution >= 4 is 11.9 Å². The molecular formula is C9H17NO3. The van der Waals surface area contributed by atoms with E-state index in [9.17, 15) is 9.59 Å². The van der Waals surface area contributed by atoms with Crippen molar-refractivity contribution in [1.29, 1.82) is 0 Å². The lowest BCUT2D eigenvalue weighted by Crippen LogP contribution is -2.26. The molecule has 0 aromatic rings. The monoisotopic (exact) mass is 187 g/mol. The van der Waals surface area contributed by atoms with Crippen molar-refractivity contribution in [3.05, 3.63) is 0 Å². The number of carboxylic acids is 1. The second kappa shape index (κ2) is 6.46. The Kier molecular flexibility index (Phi) is 5.93. The summed E-state index contributed by atoms with van der Waals surface area (Å²) < 4.78 is 0. The van der Waals surface area contributed by atoms with Gasteiger partial charge in [0.15, 0.2) is 0 Å². The van der Waals surface area contributed by atoms with Gasteiger partial charge in [-0.2, -0.15) is 0 Å². The Labute approximate surface area is 78.3 Å². The topological polar surface area (TPSA) is 66.4 Å². The third kappa shape index (κ3) is 7.31. The first-order chi connectivity index (χ1) is 6.06. The van der Waals surface area contributed by atoms with Crippen LogP contribution in [0.4, 0.5) is 0 Å². The largest absolute Gasteiger partial charge is 0.481 e. The number of hydrogen-bond donors (Lipinski definition) is 2. The zero-order valence-corrected chi connectivity index (χ0v) is 8.17. The quantitative estimate of drug-likeness (QED) is 0.652. The van der Waals surface area contributed by atoms with Gasteiger partial charge in [0, 0.05) is 19.4 Å². The van der Waals surface area contributed by atoms with Crippen molar-refractivity contribution in [2.24, 2.45) is 5.92 Å². The van der Waals surface area contributed by atoms with Crippen LogP contribution in [0.3, 0.4) is 0 Å². The maximum atomic E-state index is 11.1. The highest BCUT2D eigenvalue weighted by molar-refractivity contribution is 5.77. The van der Waals surface area contributed by atoms with Gasteiger partial charge in [0.2, 0.25) is 5.91 Å². The fraction of sp³-hybridized carbons (Fsp3) is 0.778. The second-order valence-corrected chi connectivity index (χ2v) is 3.26. The molecule has 0 heterocycles. The van der Waals surface area contributed by atoms with Gasteiger partial charge in [-0.3, -0.25) is 9.59 Å². The van der Waals surface area contributed by atoms with Crippen LogP contribution in [0.15, 0.2) is 0 Å². The maximum absolute atomic E-state index is 11.1. The number of amides is 1. The number of carboxylic acid groups (broad SMARTS) is 1. The first kappa shape index (κ1) is 11.9. The Bertz CT molecular complexity index is 180. The minimum atomic E-state index is -0.851. The normalized spacial score (nSPS) is 12.2. The van der Waals surface area contributed by atoms with Crippen molar-refractivity contribution in [2.45, 2.75) is 33.1 Å². The fourth-order valence-electron chi connectivity index (χ4n) is 1.02. The Hall–Kier alpha value is -1.06. The summed E-state index contributed by atoms with van der Waals surface area (Å²) in [4.78, 5) is 21.4. The van der Waals surface area contributed by atoms with E-state index in [4.69, 9.17) is 5.11 Å². The van der Waals surface area contributed by atoms with E-state index in [-0.39, 0.29) is 18.2 Å². The Balaban J connectivity index is 3.59. The van der Waals surface area contributed by atoms with E-state index in [1.807, 2.05) is 6.92 Å². The summed E-state index contributed by atoms with van der Waals surface area (Å²) in [6.45, 7) is 4.40. The van der Waals surface area contributed by atoms with E-state index in [0.717, 1.165) is 6.42 Å². The summed E-state index contributed by atoms with van der Waals surface area (Å²) in [6, 6.07) is 0. The van der Waals surface area contributed by atoms with Crippen molar-refractivity contribution in [2.75, 3.05) is 6.54 Å². The first-order valence-corrected chi connectivity index (χ1v) is 4.54. The molecule has 0 aliphatic rings. The van der Waals surface area contributed by atoms with E-state index in [1.54, 1.807) is 6.92 Å². The molecular weight excluding hydrogens is 170 g/mol. The third-order valence-electron chi connectivity index (χ3n) is 1.63. The standard InChI is InChI=1S/C9H17NO3/c1-3-4-10-8(11)5-7(2)6-9(12)13/h7H,3-6H2,1-2H3,(H,10,11)(H,12,13). The van der Waals surface area contributed by atoms with Crippen LogP contribution in [-0.2, 0) is 9.59 Å². The lowest BCUT2D eigenvalue weighted by Gasteiger charge is -2.08. The minimum absolute atomic E-state index is 0.0551. The molecule has 4 nitrogen and oxygen atoms in total. The lowest BCUT2D eigenvalue weighted by molar-refractivity contribution is -0.138. The molecule has 1 atom stereocenters. The number of carbonyl (C=O) groups excluding carboxylic acids is 1. The fourth-order valence-corrected chi connectivity index (χ4v) is 1.02. The molecule has 76 valence electrons. The molecule has 1 amide bonds. The van der Waals surface area contributed by atoms with Gasteiger partial charge in [-0.1, -0.05) is 13.8 Å². The number of aliphatic carboxylic acids is 1. The SMILES string of the molecule is CCCNC(=O)CC(C)CC(=O)O. The third-order valence-corrected chi connectivity index (χ3v) is 1.63. The van der Waals surface area contributed by atoms with E-state index in [1.165, 1.54) is 0 Å². The molecule has 0 fully saturated rings. The number of nitrogens with one attached hydrogen (secondary N) is 1. The van der Waals surface area contributed by atoms with Crippen LogP contribution in [0.25, 0.3) is 0 Å². The summed E-state index contributed by atoms with van der Waals surface area (Å²) in [5, 5.41) is 11.1. The van der Waals surface area contributed by atoms with Crippen LogP contribution in [0.5, 0.6) is 0 Å². The van der Waals surface area contributed by atoms with Gasteiger partial charge in [0.25, 0.3) is 0 Å². The summed E-state index contributed by atoms with van der Waals surface area (Å²) >= 11 is 0. The highest BCUT2D eigenvalue weighted by Gasteiger charge is 2.11. The van der Waals surface area contributed by atoms with Crippen LogP contribution >= 0.6 is 0 Å². The summed E-state index contributed by atoms with van der Waals surface area (Å²) in [5.41, 5.74) is 0. The van der Waals surface area contributed by atoms with Gasteiger partial charge in [-0.15, -0.1) is 0 Å². The van der Waals surface area contributed by atoms with Crippen LogP contribution in [0.2, 0.25) is 0 Å². The van der Waals surface area contributed by atoms with Gasteiger partial charge in [-0.05, 0) is 12.3 Å². The molecule has 0 aliphatic carbocycles. The summed E-state index contributed by atoms with van der Waals surface area (Å²) in [7, 11) is 0. The molecule has 0 aromatic heterocycles. The second-order valence-electron chi connectivity index (χ2n) is 3.26. The molecule has 2 N–H and O–H groups in total. The molecule has 0 rings (SSSR count). The molecule has 0 spiro atoms. The zero-order valence-electron chi connectivity index (χ0n) is 8.17. The minimum Gasteiger partial charge on any atom is -0.481 e. The Morgan fingerprint density at radius 1 is 1.38 bits per heavy atom. The lowest BCUT2D eigenvalue weighted by atomic mass is 10.0. The zero-order chi connectivity index (χ0) is 10.3. The smallest absolute Gasteiger partial charge is 0.303 e. The molecule has 13 heavy (non-hydrogen) atoms. The van der Waals surface area contributed by atoms with Crippen molar-refractivity contribution in [3.63, 3.8) is 0 Å². The Morgan fingerprint density at radius 2 is 2.00 bits per heavy atom. The molecule has 4 heteroatoms. The maximum Gasteiger partial charge on any atom is 0.303 e. The number of hydrogen-bond acceptors (Lipinski definition) is 2. The van der Waals surface area contributed by atoms with Crippen LogP contribution in [0, 0.1) is 5.92 Å². The van der Waals surface area contributed by atoms with Crippen LogP contribution in [-0.4, -0.2) is 23.5 Å². The molecule has 0 radical (unpaired) electrons. The van der Waals surface area contributed by atoms with Gasteiger partial charge in [-0.25, -0.2) is 0 Å². The molecule has 0 aliphatic heterocycles. The van der Waals surface area contributed by atoms with E-state index < -0.39 is 5.97 Å². The highest BCUT2D eigenvalue weighted by atomic mass is 16.4. The summed E-state index contributed by atoms with van der Waals surface area (Å²) in [5.74, 6) is -0.999. The predicted molar refractivity (Wildman–Crippen MR) is 49.3 cm³/mol. The van der Waals surface area contributed by atoms with Crippen molar-refractivity contribution in [3.8, 4) is 0 Å². The molecule has 0 aromatic carbocycles. The van der Waals surface area contributed by atoms with E-state index in [0.29, 0.717) is 13.0 Å². The number of rotatable bonds is 6. The molecule has 1 unspecified atom stereocenters. The summed E-state index contributed by atoms with van der Waals surface area (Å²) in [6.07, 6.45) is 1.25. The van der Waals surface area contributed by atoms with Gasteiger partial charge in [0.1, 0.15) is 0 Å². The average molecular weight is 187 g/mol. The van der Waals surface area contributed by atoms with Gasteiger partial charge < -0.3 is 10.4 Å². The van der Waals surface area contributed by atoms with Gasteiger partial charge in [0.05, 0.1) is 0 Å². The predicted octanol–water partition coefficient (Wildman–Crippen LogP) is 1.01. The van der Waals surface area contributed by atoms with Crippen molar-refractivity contribution in [1.82, 2.24) is 5.32 Å². The van der Waals surface area contributed by atoms with Crippen LogP contribution in [0.1, 0.15) is 33.1 Å². The average Bonchev–Trinajstić information content (AvgIpc) is 1.98. The molecule has 0 bridgehead atoms. The van der Waals surface area contributed by atoms with Gasteiger partial charge >= 0.3 is 5.97 Å².